The Morgan fingerprint density at radius 2 is 2.15 bits per heavy atom. The van der Waals surface area contributed by atoms with E-state index in [2.05, 4.69) is 24.1 Å². The Balaban J connectivity index is 2.09. The Hall–Kier alpha value is -1.29. The molecule has 0 aromatic heterocycles. The predicted octanol–water partition coefficient (Wildman–Crippen LogP) is 3.05. The van der Waals surface area contributed by atoms with Gasteiger partial charge in [0.1, 0.15) is 11.6 Å². The van der Waals surface area contributed by atoms with Crippen LogP contribution in [-0.4, -0.2) is 32.8 Å². The molecule has 0 bridgehead atoms. The molecule has 1 heterocycles. The topological polar surface area (TPSA) is 24.5 Å². The Morgan fingerprint density at radius 1 is 1.30 bits per heavy atom. The zero-order chi connectivity index (χ0) is 14.4. The van der Waals surface area contributed by atoms with Gasteiger partial charge in [0.05, 0.1) is 12.3 Å². The van der Waals surface area contributed by atoms with Crippen LogP contribution in [0.3, 0.4) is 0 Å². The summed E-state index contributed by atoms with van der Waals surface area (Å²) < 4.78 is 19.4. The van der Waals surface area contributed by atoms with Crippen molar-refractivity contribution in [3.8, 4) is 5.75 Å². The lowest BCUT2D eigenvalue weighted by Gasteiger charge is -2.25. The van der Waals surface area contributed by atoms with Gasteiger partial charge in [-0.25, -0.2) is 4.39 Å². The van der Waals surface area contributed by atoms with Gasteiger partial charge < -0.3 is 15.0 Å². The van der Waals surface area contributed by atoms with Crippen molar-refractivity contribution < 1.29 is 9.13 Å². The molecule has 0 radical (unpaired) electrons. The van der Waals surface area contributed by atoms with Crippen molar-refractivity contribution >= 4 is 5.69 Å². The summed E-state index contributed by atoms with van der Waals surface area (Å²) in [5.41, 5.74) is 0.887. The van der Waals surface area contributed by atoms with Gasteiger partial charge in [0.2, 0.25) is 0 Å². The summed E-state index contributed by atoms with van der Waals surface area (Å²) in [6.07, 6.45) is 2.08. The summed E-state index contributed by atoms with van der Waals surface area (Å²) in [6, 6.07) is 4.82. The minimum atomic E-state index is -0.201. The first-order chi connectivity index (χ1) is 9.66. The number of hydrogen-bond donors (Lipinski definition) is 1. The Bertz CT molecular complexity index is 415. The molecule has 20 heavy (non-hydrogen) atoms. The Morgan fingerprint density at radius 3 is 2.95 bits per heavy atom. The Labute approximate surface area is 121 Å². The van der Waals surface area contributed by atoms with E-state index in [4.69, 9.17) is 4.74 Å². The second-order valence-corrected chi connectivity index (χ2v) is 5.73. The smallest absolute Gasteiger partial charge is 0.142 e. The SMILES string of the molecule is CC(C)CCOc1ccc(F)cc1N1CCCNCC1. The molecule has 1 N–H and O–H groups in total. The largest absolute Gasteiger partial charge is 0.491 e. The molecule has 1 aromatic carbocycles. The van der Waals surface area contributed by atoms with Crippen molar-refractivity contribution in [3.63, 3.8) is 0 Å². The summed E-state index contributed by atoms with van der Waals surface area (Å²) in [6.45, 7) is 8.82. The van der Waals surface area contributed by atoms with Crippen LogP contribution < -0.4 is 15.0 Å². The normalized spacial score (nSPS) is 16.3. The number of nitrogens with zero attached hydrogens (tertiary/aromatic N) is 1. The van der Waals surface area contributed by atoms with Crippen molar-refractivity contribution in [1.82, 2.24) is 5.32 Å². The summed E-state index contributed by atoms with van der Waals surface area (Å²) in [5, 5.41) is 3.36. The third-order valence-corrected chi connectivity index (χ3v) is 3.55. The average molecular weight is 280 g/mol. The third kappa shape index (κ3) is 4.37. The molecule has 112 valence electrons. The fraction of sp³-hybridized carbons (Fsp3) is 0.625. The molecule has 1 saturated heterocycles. The number of benzene rings is 1. The molecule has 1 aliphatic rings. The highest BCUT2D eigenvalue weighted by atomic mass is 19.1. The molecule has 1 fully saturated rings. The van der Waals surface area contributed by atoms with Crippen LogP contribution in [0.4, 0.5) is 10.1 Å². The zero-order valence-electron chi connectivity index (χ0n) is 12.5. The number of halogens is 1. The van der Waals surface area contributed by atoms with Crippen LogP contribution in [0.1, 0.15) is 26.7 Å². The highest BCUT2D eigenvalue weighted by Crippen LogP contribution is 2.30. The molecule has 0 aliphatic carbocycles. The lowest BCUT2D eigenvalue weighted by atomic mass is 10.1. The number of anilines is 1. The monoisotopic (exact) mass is 280 g/mol. The maximum absolute atomic E-state index is 13.6. The average Bonchev–Trinajstić information content (AvgIpc) is 2.69. The van der Waals surface area contributed by atoms with E-state index in [1.54, 1.807) is 12.1 Å². The van der Waals surface area contributed by atoms with E-state index in [1.807, 2.05) is 0 Å². The van der Waals surface area contributed by atoms with Crippen LogP contribution in [0.5, 0.6) is 5.75 Å². The van der Waals surface area contributed by atoms with Gasteiger partial charge in [-0.1, -0.05) is 13.8 Å². The van der Waals surface area contributed by atoms with Gasteiger partial charge in [0.25, 0.3) is 0 Å². The molecule has 0 saturated carbocycles. The van der Waals surface area contributed by atoms with Crippen LogP contribution in [0, 0.1) is 11.7 Å². The fourth-order valence-corrected chi connectivity index (χ4v) is 2.35. The standard InChI is InChI=1S/C16H25FN2O/c1-13(2)6-11-20-16-5-4-14(17)12-15(16)19-9-3-7-18-8-10-19/h4-5,12-13,18H,3,6-11H2,1-2H3. The molecule has 2 rings (SSSR count). The highest BCUT2D eigenvalue weighted by Gasteiger charge is 2.15. The molecular formula is C16H25FN2O. The van der Waals surface area contributed by atoms with Crippen molar-refractivity contribution in [2.45, 2.75) is 26.7 Å². The van der Waals surface area contributed by atoms with E-state index in [9.17, 15) is 4.39 Å². The fourth-order valence-electron chi connectivity index (χ4n) is 2.35. The van der Waals surface area contributed by atoms with E-state index in [0.717, 1.165) is 50.5 Å². The van der Waals surface area contributed by atoms with E-state index in [1.165, 1.54) is 6.07 Å². The number of ether oxygens (including phenoxy) is 1. The first-order valence-electron chi connectivity index (χ1n) is 7.55. The number of nitrogens with one attached hydrogen (secondary N) is 1. The van der Waals surface area contributed by atoms with Gasteiger partial charge in [0.15, 0.2) is 0 Å². The van der Waals surface area contributed by atoms with Crippen molar-refractivity contribution in [1.29, 1.82) is 0 Å². The maximum atomic E-state index is 13.6. The number of hydrogen-bond acceptors (Lipinski definition) is 3. The lowest BCUT2D eigenvalue weighted by Crippen LogP contribution is -2.28. The quantitative estimate of drug-likeness (QED) is 0.897. The van der Waals surface area contributed by atoms with Gasteiger partial charge in [-0.3, -0.25) is 0 Å². The summed E-state index contributed by atoms with van der Waals surface area (Å²) in [4.78, 5) is 2.22. The summed E-state index contributed by atoms with van der Waals surface area (Å²) in [5.74, 6) is 1.21. The van der Waals surface area contributed by atoms with Crippen molar-refractivity contribution in [2.75, 3.05) is 37.7 Å². The van der Waals surface area contributed by atoms with Crippen LogP contribution in [-0.2, 0) is 0 Å². The molecule has 4 heteroatoms. The molecule has 0 spiro atoms. The first-order valence-corrected chi connectivity index (χ1v) is 7.55. The molecule has 0 atom stereocenters. The van der Waals surface area contributed by atoms with Gasteiger partial charge in [-0.2, -0.15) is 0 Å². The minimum Gasteiger partial charge on any atom is -0.491 e. The van der Waals surface area contributed by atoms with E-state index < -0.39 is 0 Å². The molecule has 3 nitrogen and oxygen atoms in total. The summed E-state index contributed by atoms with van der Waals surface area (Å²) in [7, 11) is 0. The minimum absolute atomic E-state index is 0.201. The lowest BCUT2D eigenvalue weighted by molar-refractivity contribution is 0.289. The summed E-state index contributed by atoms with van der Waals surface area (Å²) >= 11 is 0. The van der Waals surface area contributed by atoms with Crippen LogP contribution in [0.15, 0.2) is 18.2 Å². The second kappa shape index (κ2) is 7.48. The molecule has 1 aliphatic heterocycles. The molecule has 0 amide bonds. The Kier molecular flexibility index (Phi) is 5.65. The predicted molar refractivity (Wildman–Crippen MR) is 81.0 cm³/mol. The van der Waals surface area contributed by atoms with Crippen LogP contribution in [0.25, 0.3) is 0 Å². The van der Waals surface area contributed by atoms with E-state index in [0.29, 0.717) is 12.5 Å². The molecular weight excluding hydrogens is 255 g/mol. The third-order valence-electron chi connectivity index (χ3n) is 3.55. The van der Waals surface area contributed by atoms with Crippen LogP contribution >= 0.6 is 0 Å². The van der Waals surface area contributed by atoms with Gasteiger partial charge in [-0.05, 0) is 37.4 Å². The molecule has 0 unspecified atom stereocenters. The van der Waals surface area contributed by atoms with Gasteiger partial charge in [-0.15, -0.1) is 0 Å². The second-order valence-electron chi connectivity index (χ2n) is 5.73. The van der Waals surface area contributed by atoms with Crippen molar-refractivity contribution in [3.05, 3.63) is 24.0 Å². The maximum Gasteiger partial charge on any atom is 0.142 e. The molecule has 1 aromatic rings. The van der Waals surface area contributed by atoms with E-state index in [-0.39, 0.29) is 5.82 Å². The van der Waals surface area contributed by atoms with Gasteiger partial charge >= 0.3 is 0 Å². The highest BCUT2D eigenvalue weighted by molar-refractivity contribution is 5.58. The number of rotatable bonds is 5. The zero-order valence-corrected chi connectivity index (χ0v) is 12.5. The van der Waals surface area contributed by atoms with Gasteiger partial charge in [0, 0.05) is 25.7 Å². The van der Waals surface area contributed by atoms with Crippen LogP contribution in [0.2, 0.25) is 0 Å². The first kappa shape index (κ1) is 15.1. The van der Waals surface area contributed by atoms with Crippen molar-refractivity contribution in [2.24, 2.45) is 5.92 Å². The van der Waals surface area contributed by atoms with E-state index >= 15 is 0 Å².